The topological polar surface area (TPSA) is 40.9 Å². The molecule has 0 atom stereocenters. The number of amides is 1. The second-order valence-electron chi connectivity index (χ2n) is 2.52. The van der Waals surface area contributed by atoms with Crippen LogP contribution in [-0.2, 0) is 6.18 Å². The number of carbonyl (C=O) groups is 1. The Kier molecular flexibility index (Phi) is 2.71. The molecule has 2 nitrogen and oxygen atoms in total. The summed E-state index contributed by atoms with van der Waals surface area (Å²) in [4.78, 5) is 10.5. The minimum absolute atomic E-state index is 0.332. The molecule has 0 saturated heterocycles. The van der Waals surface area contributed by atoms with E-state index in [1.54, 1.807) is 0 Å². The van der Waals surface area contributed by atoms with Crippen LogP contribution in [0.1, 0.15) is 15.9 Å². The molecular formula is C8H4ClF3NO. The summed E-state index contributed by atoms with van der Waals surface area (Å²) in [5, 5.41) is -0.484. The predicted molar refractivity (Wildman–Crippen MR) is 43.9 cm³/mol. The Bertz CT molecular complexity index is 375. The first-order valence-corrected chi connectivity index (χ1v) is 3.83. The monoisotopic (exact) mass is 222 g/mol. The molecule has 0 fully saturated rings. The molecule has 0 aliphatic rings. The lowest BCUT2D eigenvalue weighted by atomic mass is 10.1. The van der Waals surface area contributed by atoms with Crippen LogP contribution in [0.25, 0.3) is 0 Å². The van der Waals surface area contributed by atoms with Crippen molar-refractivity contribution in [1.29, 1.82) is 0 Å². The van der Waals surface area contributed by atoms with Crippen molar-refractivity contribution in [3.8, 4) is 0 Å². The number of carbonyl (C=O) groups excluding carboxylic acids is 1. The van der Waals surface area contributed by atoms with E-state index >= 15 is 0 Å². The molecule has 0 bridgehead atoms. The molecule has 0 spiro atoms. The van der Waals surface area contributed by atoms with Crippen LogP contribution in [0.2, 0.25) is 5.02 Å². The number of rotatable bonds is 1. The lowest BCUT2D eigenvalue weighted by Gasteiger charge is -2.09. The molecule has 0 aliphatic carbocycles. The molecule has 1 aromatic rings. The first-order valence-electron chi connectivity index (χ1n) is 3.45. The average molecular weight is 223 g/mol. The Balaban J connectivity index is 3.29. The standard InChI is InChI=1S/C8H4ClF3NO/c9-6-2-1-4(7(13)14)3-5(6)8(10,11)12/h1-3,13H. The van der Waals surface area contributed by atoms with Crippen molar-refractivity contribution in [1.82, 2.24) is 5.73 Å². The molecule has 0 unspecified atom stereocenters. The van der Waals surface area contributed by atoms with Crippen molar-refractivity contribution < 1.29 is 18.0 Å². The Hall–Kier alpha value is -1.23. The van der Waals surface area contributed by atoms with Gasteiger partial charge in [0.25, 0.3) is 5.91 Å². The van der Waals surface area contributed by atoms with E-state index in [9.17, 15) is 18.0 Å². The van der Waals surface area contributed by atoms with Crippen molar-refractivity contribution in [2.45, 2.75) is 6.18 Å². The number of hydrogen-bond acceptors (Lipinski definition) is 1. The second kappa shape index (κ2) is 3.49. The van der Waals surface area contributed by atoms with Crippen molar-refractivity contribution in [2.24, 2.45) is 0 Å². The molecule has 1 amide bonds. The summed E-state index contributed by atoms with van der Waals surface area (Å²) in [7, 11) is 0. The number of alkyl halides is 3. The van der Waals surface area contributed by atoms with Gasteiger partial charge in [0.1, 0.15) is 0 Å². The third-order valence-electron chi connectivity index (χ3n) is 1.53. The Labute approximate surface area is 82.5 Å². The number of hydrogen-bond donors (Lipinski definition) is 0. The van der Waals surface area contributed by atoms with E-state index < -0.39 is 22.7 Å². The van der Waals surface area contributed by atoms with Crippen molar-refractivity contribution in [2.75, 3.05) is 0 Å². The van der Waals surface area contributed by atoms with Gasteiger partial charge in [-0.15, -0.1) is 0 Å². The normalized spacial score (nSPS) is 11.4. The van der Waals surface area contributed by atoms with Crippen molar-refractivity contribution in [3.63, 3.8) is 0 Å². The maximum Gasteiger partial charge on any atom is 0.417 e. The van der Waals surface area contributed by atoms with Gasteiger partial charge in [0.05, 0.1) is 10.6 Å². The van der Waals surface area contributed by atoms with E-state index in [1.807, 2.05) is 0 Å². The van der Waals surface area contributed by atoms with E-state index in [1.165, 1.54) is 0 Å². The minimum atomic E-state index is -4.61. The van der Waals surface area contributed by atoms with Gasteiger partial charge in [-0.3, -0.25) is 10.5 Å². The first kappa shape index (κ1) is 10.8. The van der Waals surface area contributed by atoms with Crippen molar-refractivity contribution >= 4 is 17.5 Å². The molecule has 1 N–H and O–H groups in total. The summed E-state index contributed by atoms with van der Waals surface area (Å²) < 4.78 is 36.7. The SMILES string of the molecule is [NH]C(=O)c1ccc(Cl)c(C(F)(F)F)c1. The van der Waals surface area contributed by atoms with Crippen LogP contribution in [-0.4, -0.2) is 5.91 Å². The van der Waals surface area contributed by atoms with Crippen LogP contribution < -0.4 is 5.73 Å². The third kappa shape index (κ3) is 2.17. The van der Waals surface area contributed by atoms with Gasteiger partial charge in [-0.1, -0.05) is 11.6 Å². The van der Waals surface area contributed by atoms with Crippen LogP contribution in [0.15, 0.2) is 18.2 Å². The molecule has 75 valence electrons. The van der Waals surface area contributed by atoms with Gasteiger partial charge in [0.15, 0.2) is 0 Å². The molecule has 1 rings (SSSR count). The molecule has 0 aliphatic heterocycles. The molecule has 14 heavy (non-hydrogen) atoms. The quantitative estimate of drug-likeness (QED) is 0.720. The van der Waals surface area contributed by atoms with Crippen LogP contribution in [0, 0.1) is 0 Å². The summed E-state index contributed by atoms with van der Waals surface area (Å²) in [5.41, 5.74) is 5.21. The van der Waals surface area contributed by atoms with Gasteiger partial charge in [0.2, 0.25) is 0 Å². The number of benzene rings is 1. The van der Waals surface area contributed by atoms with Gasteiger partial charge >= 0.3 is 6.18 Å². The van der Waals surface area contributed by atoms with Gasteiger partial charge < -0.3 is 0 Å². The second-order valence-corrected chi connectivity index (χ2v) is 2.93. The highest BCUT2D eigenvalue weighted by Crippen LogP contribution is 2.34. The smallest absolute Gasteiger partial charge is 0.267 e. The van der Waals surface area contributed by atoms with Crippen LogP contribution in [0.4, 0.5) is 13.2 Å². The summed E-state index contributed by atoms with van der Waals surface area (Å²) >= 11 is 5.29. The van der Waals surface area contributed by atoms with Gasteiger partial charge in [-0.05, 0) is 18.2 Å². The summed E-state index contributed by atoms with van der Waals surface area (Å²) in [6.45, 7) is 0. The molecule has 6 heteroatoms. The largest absolute Gasteiger partial charge is 0.417 e. The fourth-order valence-electron chi connectivity index (χ4n) is 0.884. The molecule has 0 aromatic heterocycles. The molecular weight excluding hydrogens is 219 g/mol. The zero-order chi connectivity index (χ0) is 10.9. The number of halogens is 4. The Morgan fingerprint density at radius 2 is 1.93 bits per heavy atom. The maximum atomic E-state index is 12.2. The highest BCUT2D eigenvalue weighted by atomic mass is 35.5. The predicted octanol–water partition coefficient (Wildman–Crippen LogP) is 2.78. The van der Waals surface area contributed by atoms with Gasteiger partial charge in [0, 0.05) is 5.56 Å². The lowest BCUT2D eigenvalue weighted by molar-refractivity contribution is -0.137. The molecule has 0 heterocycles. The zero-order valence-electron chi connectivity index (χ0n) is 6.65. The molecule has 1 radical (unpaired) electrons. The summed E-state index contributed by atoms with van der Waals surface area (Å²) in [5.74, 6) is -1.17. The van der Waals surface area contributed by atoms with Crippen LogP contribution >= 0.6 is 11.6 Å². The Morgan fingerprint density at radius 3 is 2.36 bits per heavy atom. The van der Waals surface area contributed by atoms with Crippen molar-refractivity contribution in [3.05, 3.63) is 34.3 Å². The average Bonchev–Trinajstić information content (AvgIpc) is 2.02. The van der Waals surface area contributed by atoms with Crippen LogP contribution in [0.5, 0.6) is 0 Å². The number of nitrogens with one attached hydrogen (secondary N) is 1. The van der Waals surface area contributed by atoms with Crippen LogP contribution in [0.3, 0.4) is 0 Å². The van der Waals surface area contributed by atoms with E-state index in [0.717, 1.165) is 12.1 Å². The zero-order valence-corrected chi connectivity index (χ0v) is 7.41. The van der Waals surface area contributed by atoms with E-state index in [0.29, 0.717) is 6.07 Å². The van der Waals surface area contributed by atoms with Gasteiger partial charge in [-0.25, -0.2) is 0 Å². The molecule has 1 aromatic carbocycles. The summed E-state index contributed by atoms with van der Waals surface area (Å²) in [6, 6.07) is 2.59. The van der Waals surface area contributed by atoms with E-state index in [4.69, 9.17) is 17.3 Å². The fraction of sp³-hybridized carbons (Fsp3) is 0.125. The highest BCUT2D eigenvalue weighted by molar-refractivity contribution is 6.31. The Morgan fingerprint density at radius 1 is 1.36 bits per heavy atom. The maximum absolute atomic E-state index is 12.2. The molecule has 0 saturated carbocycles. The highest BCUT2D eigenvalue weighted by Gasteiger charge is 2.33. The van der Waals surface area contributed by atoms with Gasteiger partial charge in [-0.2, -0.15) is 13.2 Å². The first-order chi connectivity index (χ1) is 6.32. The lowest BCUT2D eigenvalue weighted by Crippen LogP contribution is -2.08. The third-order valence-corrected chi connectivity index (χ3v) is 1.86. The fourth-order valence-corrected chi connectivity index (χ4v) is 1.11. The summed E-state index contributed by atoms with van der Waals surface area (Å²) in [6.07, 6.45) is -4.61. The minimum Gasteiger partial charge on any atom is -0.267 e. The van der Waals surface area contributed by atoms with E-state index in [2.05, 4.69) is 0 Å². The van der Waals surface area contributed by atoms with E-state index in [-0.39, 0.29) is 5.56 Å².